The molecule has 0 heterocycles. The molecule has 3 N–H and O–H groups in total. The van der Waals surface area contributed by atoms with Crippen LogP contribution in [0.5, 0.6) is 0 Å². The van der Waals surface area contributed by atoms with E-state index in [4.69, 9.17) is 28.9 Å². The van der Waals surface area contributed by atoms with E-state index in [1.165, 1.54) is 0 Å². The molecule has 110 valence electrons. The van der Waals surface area contributed by atoms with Gasteiger partial charge in [0.25, 0.3) is 0 Å². The topological polar surface area (TPSA) is 72.2 Å². The molecular weight excluding hydrogens is 299 g/mol. The first-order valence-electron chi connectivity index (χ1n) is 6.29. The van der Waals surface area contributed by atoms with E-state index < -0.39 is 17.9 Å². The van der Waals surface area contributed by atoms with Crippen molar-refractivity contribution in [3.63, 3.8) is 0 Å². The molecular formula is C14H18Cl2N2O2. The number of hydrogen-bond acceptors (Lipinski definition) is 2. The number of nitrogens with one attached hydrogen (secondary N) is 1. The fourth-order valence-corrected chi connectivity index (χ4v) is 2.62. The van der Waals surface area contributed by atoms with Crippen molar-refractivity contribution >= 4 is 35.0 Å². The third kappa shape index (κ3) is 3.87. The van der Waals surface area contributed by atoms with Crippen LogP contribution in [0.4, 0.5) is 0 Å². The zero-order valence-electron chi connectivity index (χ0n) is 11.6. The number of rotatable bonds is 5. The number of halogens is 2. The summed E-state index contributed by atoms with van der Waals surface area (Å²) in [5, 5.41) is 3.47. The fraction of sp³-hybridized carbons (Fsp3) is 0.429. The summed E-state index contributed by atoms with van der Waals surface area (Å²) in [7, 11) is 0. The minimum Gasteiger partial charge on any atom is -0.368 e. The van der Waals surface area contributed by atoms with Gasteiger partial charge in [0, 0.05) is 15.6 Å². The van der Waals surface area contributed by atoms with Crippen molar-refractivity contribution in [2.75, 3.05) is 0 Å². The molecule has 0 aromatic heterocycles. The van der Waals surface area contributed by atoms with Crippen molar-refractivity contribution in [3.05, 3.63) is 33.8 Å². The zero-order valence-corrected chi connectivity index (χ0v) is 13.1. The van der Waals surface area contributed by atoms with Gasteiger partial charge in [-0.3, -0.25) is 9.59 Å². The average molecular weight is 317 g/mol. The van der Waals surface area contributed by atoms with Crippen LogP contribution in [0.2, 0.25) is 10.0 Å². The lowest BCUT2D eigenvalue weighted by atomic mass is 9.98. The maximum absolute atomic E-state index is 12.2. The second-order valence-electron chi connectivity index (χ2n) is 4.99. The molecule has 6 heteroatoms. The van der Waals surface area contributed by atoms with Crippen molar-refractivity contribution in [2.45, 2.75) is 32.7 Å². The smallest absolute Gasteiger partial charge is 0.240 e. The lowest BCUT2D eigenvalue weighted by Gasteiger charge is -2.22. The Hall–Kier alpha value is -1.26. The molecule has 0 aliphatic carbocycles. The molecule has 0 aliphatic heterocycles. The minimum atomic E-state index is -0.716. The van der Waals surface area contributed by atoms with Crippen molar-refractivity contribution in [2.24, 2.45) is 11.7 Å². The molecule has 4 nitrogen and oxygen atoms in total. The molecule has 1 rings (SSSR count). The summed E-state index contributed by atoms with van der Waals surface area (Å²) in [5.41, 5.74) is 5.82. The van der Waals surface area contributed by atoms with Gasteiger partial charge in [-0.1, -0.05) is 43.1 Å². The van der Waals surface area contributed by atoms with Crippen LogP contribution in [-0.4, -0.2) is 17.9 Å². The molecule has 0 spiro atoms. The lowest BCUT2D eigenvalue weighted by molar-refractivity contribution is -0.129. The molecule has 1 aromatic rings. The fourth-order valence-electron chi connectivity index (χ4n) is 1.90. The van der Waals surface area contributed by atoms with Crippen molar-refractivity contribution in [3.8, 4) is 0 Å². The number of carbonyl (C=O) groups is 2. The highest BCUT2D eigenvalue weighted by atomic mass is 35.5. The van der Waals surface area contributed by atoms with Gasteiger partial charge in [-0.05, 0) is 25.0 Å². The second kappa shape index (κ2) is 6.95. The summed E-state index contributed by atoms with van der Waals surface area (Å²) < 4.78 is 0. The number of amides is 2. The molecule has 0 radical (unpaired) electrons. The standard InChI is InChI=1S/C14H18Cl2N2O2/c1-7(2)12(13(17)19)18-14(20)8(3)11-9(15)5-4-6-10(11)16/h4-8,12H,1-3H3,(H2,17,19)(H,18,20)/t8-,12-/m0/s1. The summed E-state index contributed by atoms with van der Waals surface area (Å²) in [6.07, 6.45) is 0. The van der Waals surface area contributed by atoms with Crippen molar-refractivity contribution in [1.82, 2.24) is 5.32 Å². The van der Waals surface area contributed by atoms with E-state index in [-0.39, 0.29) is 11.8 Å². The van der Waals surface area contributed by atoms with Crippen LogP contribution >= 0.6 is 23.2 Å². The van der Waals surface area contributed by atoms with Gasteiger partial charge in [0.1, 0.15) is 6.04 Å². The molecule has 2 atom stereocenters. The molecule has 20 heavy (non-hydrogen) atoms. The summed E-state index contributed by atoms with van der Waals surface area (Å²) in [6, 6.07) is 4.33. The van der Waals surface area contributed by atoms with Gasteiger partial charge in [0.15, 0.2) is 0 Å². The number of benzene rings is 1. The zero-order chi connectivity index (χ0) is 15.4. The third-order valence-electron chi connectivity index (χ3n) is 3.10. The molecule has 0 aliphatic rings. The van der Waals surface area contributed by atoms with Gasteiger partial charge in [0.05, 0.1) is 5.92 Å². The van der Waals surface area contributed by atoms with E-state index in [9.17, 15) is 9.59 Å². The summed E-state index contributed by atoms with van der Waals surface area (Å²) in [5.74, 6) is -1.56. The van der Waals surface area contributed by atoms with Crippen LogP contribution in [-0.2, 0) is 9.59 Å². The van der Waals surface area contributed by atoms with Crippen LogP contribution in [0.25, 0.3) is 0 Å². The molecule has 0 fully saturated rings. The van der Waals surface area contributed by atoms with E-state index in [1.54, 1.807) is 25.1 Å². The Bertz CT molecular complexity index is 498. The molecule has 0 bridgehead atoms. The normalized spacial score (nSPS) is 13.9. The van der Waals surface area contributed by atoms with E-state index in [0.717, 1.165) is 0 Å². The van der Waals surface area contributed by atoms with Crippen LogP contribution < -0.4 is 11.1 Å². The van der Waals surface area contributed by atoms with E-state index in [1.807, 2.05) is 13.8 Å². The summed E-state index contributed by atoms with van der Waals surface area (Å²) in [6.45, 7) is 5.30. The highest BCUT2D eigenvalue weighted by Gasteiger charge is 2.26. The second-order valence-corrected chi connectivity index (χ2v) is 5.80. The number of hydrogen-bond donors (Lipinski definition) is 2. The SMILES string of the molecule is CC(C)[C@H](NC(=O)[C@@H](C)c1c(Cl)cccc1Cl)C(N)=O. The monoisotopic (exact) mass is 316 g/mol. The van der Waals surface area contributed by atoms with Gasteiger partial charge in [-0.15, -0.1) is 0 Å². The first-order valence-corrected chi connectivity index (χ1v) is 7.04. The highest BCUT2D eigenvalue weighted by molar-refractivity contribution is 6.36. The Kier molecular flexibility index (Phi) is 5.84. The maximum atomic E-state index is 12.2. The molecule has 0 saturated carbocycles. The highest BCUT2D eigenvalue weighted by Crippen LogP contribution is 2.31. The predicted molar refractivity (Wildman–Crippen MR) is 80.8 cm³/mol. The first kappa shape index (κ1) is 16.8. The van der Waals surface area contributed by atoms with Gasteiger partial charge in [-0.25, -0.2) is 0 Å². The van der Waals surface area contributed by atoms with Gasteiger partial charge in [-0.2, -0.15) is 0 Å². The van der Waals surface area contributed by atoms with E-state index in [2.05, 4.69) is 5.32 Å². The van der Waals surface area contributed by atoms with Gasteiger partial charge >= 0.3 is 0 Å². The first-order chi connectivity index (χ1) is 9.25. The van der Waals surface area contributed by atoms with Crippen LogP contribution in [0.15, 0.2) is 18.2 Å². The molecule has 0 unspecified atom stereocenters. The Morgan fingerprint density at radius 3 is 2.05 bits per heavy atom. The van der Waals surface area contributed by atoms with Crippen LogP contribution in [0.1, 0.15) is 32.3 Å². The van der Waals surface area contributed by atoms with Crippen molar-refractivity contribution in [1.29, 1.82) is 0 Å². The Morgan fingerprint density at radius 1 is 1.15 bits per heavy atom. The largest absolute Gasteiger partial charge is 0.368 e. The Labute approximate surface area is 128 Å². The number of nitrogens with two attached hydrogens (primary N) is 1. The van der Waals surface area contributed by atoms with Gasteiger partial charge in [0.2, 0.25) is 11.8 Å². The predicted octanol–water partition coefficient (Wildman–Crippen LogP) is 2.72. The van der Waals surface area contributed by atoms with Crippen LogP contribution in [0, 0.1) is 5.92 Å². The summed E-state index contributed by atoms with van der Waals surface area (Å²) in [4.78, 5) is 23.6. The van der Waals surface area contributed by atoms with Crippen molar-refractivity contribution < 1.29 is 9.59 Å². The molecule has 1 aromatic carbocycles. The molecule has 0 saturated heterocycles. The quantitative estimate of drug-likeness (QED) is 0.876. The van der Waals surface area contributed by atoms with Crippen LogP contribution in [0.3, 0.4) is 0 Å². The Morgan fingerprint density at radius 2 is 1.65 bits per heavy atom. The summed E-state index contributed by atoms with van der Waals surface area (Å²) >= 11 is 12.1. The molecule has 2 amide bonds. The Balaban J connectivity index is 2.95. The average Bonchev–Trinajstić information content (AvgIpc) is 2.34. The maximum Gasteiger partial charge on any atom is 0.240 e. The van der Waals surface area contributed by atoms with E-state index in [0.29, 0.717) is 15.6 Å². The number of carbonyl (C=O) groups excluding carboxylic acids is 2. The third-order valence-corrected chi connectivity index (χ3v) is 3.76. The number of primary amides is 1. The lowest BCUT2D eigenvalue weighted by Crippen LogP contribution is -2.48. The minimum absolute atomic E-state index is 0.0923. The van der Waals surface area contributed by atoms with E-state index >= 15 is 0 Å². The van der Waals surface area contributed by atoms with Gasteiger partial charge < -0.3 is 11.1 Å².